The minimum absolute atomic E-state index is 0.0382. The van der Waals surface area contributed by atoms with Crippen molar-refractivity contribution >= 4 is 17.8 Å². The number of carboxylic acids is 1. The zero-order valence-electron chi connectivity index (χ0n) is 10.6. The molecular formula is C13H19NO4. The number of amides is 2. The molecule has 0 bridgehead atoms. The quantitative estimate of drug-likeness (QED) is 0.766. The molecule has 2 rings (SSSR count). The minimum Gasteiger partial charge on any atom is -0.481 e. The van der Waals surface area contributed by atoms with Gasteiger partial charge in [-0.05, 0) is 19.3 Å². The van der Waals surface area contributed by atoms with Gasteiger partial charge >= 0.3 is 5.97 Å². The highest BCUT2D eigenvalue weighted by Gasteiger charge is 2.48. The molecule has 0 aromatic heterocycles. The summed E-state index contributed by atoms with van der Waals surface area (Å²) in [5.41, 5.74) is 0. The molecule has 3 atom stereocenters. The second-order valence-electron chi connectivity index (χ2n) is 5.23. The Kier molecular flexibility index (Phi) is 3.68. The number of fused-ring (bicyclic) bond motifs is 1. The Bertz CT molecular complexity index is 355. The molecule has 5 nitrogen and oxygen atoms in total. The van der Waals surface area contributed by atoms with Gasteiger partial charge in [0.1, 0.15) is 0 Å². The topological polar surface area (TPSA) is 74.7 Å². The van der Waals surface area contributed by atoms with E-state index in [1.54, 1.807) is 6.92 Å². The van der Waals surface area contributed by atoms with Gasteiger partial charge in [-0.1, -0.05) is 19.8 Å². The van der Waals surface area contributed by atoms with Crippen LogP contribution in [0, 0.1) is 17.8 Å². The van der Waals surface area contributed by atoms with Gasteiger partial charge in [0.25, 0.3) is 0 Å². The van der Waals surface area contributed by atoms with Crippen LogP contribution in [0.15, 0.2) is 0 Å². The lowest BCUT2D eigenvalue weighted by molar-refractivity contribution is -0.146. The van der Waals surface area contributed by atoms with Gasteiger partial charge in [-0.15, -0.1) is 0 Å². The van der Waals surface area contributed by atoms with E-state index in [2.05, 4.69) is 0 Å². The van der Waals surface area contributed by atoms with Crippen LogP contribution in [0.2, 0.25) is 0 Å². The fourth-order valence-electron chi connectivity index (χ4n) is 3.01. The van der Waals surface area contributed by atoms with Crippen LogP contribution < -0.4 is 0 Å². The van der Waals surface area contributed by atoms with E-state index < -0.39 is 11.9 Å². The van der Waals surface area contributed by atoms with Crippen LogP contribution in [-0.2, 0) is 14.4 Å². The average Bonchev–Trinajstić information content (AvgIpc) is 2.60. The first-order valence-electron chi connectivity index (χ1n) is 6.64. The summed E-state index contributed by atoms with van der Waals surface area (Å²) >= 11 is 0. The normalized spacial score (nSPS) is 29.3. The molecule has 1 saturated heterocycles. The number of hydrogen-bond acceptors (Lipinski definition) is 3. The number of hydrogen-bond donors (Lipinski definition) is 1. The third kappa shape index (κ3) is 2.13. The second-order valence-corrected chi connectivity index (χ2v) is 5.23. The van der Waals surface area contributed by atoms with E-state index >= 15 is 0 Å². The predicted octanol–water partition coefficient (Wildman–Crippen LogP) is 1.27. The number of likely N-dealkylation sites (tertiary alicyclic amines) is 1. The van der Waals surface area contributed by atoms with Gasteiger partial charge in [-0.25, -0.2) is 0 Å². The van der Waals surface area contributed by atoms with Gasteiger partial charge in [-0.3, -0.25) is 19.3 Å². The first-order valence-corrected chi connectivity index (χ1v) is 6.64. The molecular weight excluding hydrogens is 234 g/mol. The molecule has 1 N–H and O–H groups in total. The average molecular weight is 253 g/mol. The number of rotatable bonds is 4. The maximum atomic E-state index is 12.1. The molecule has 100 valence electrons. The summed E-state index contributed by atoms with van der Waals surface area (Å²) < 4.78 is 0. The number of imide groups is 1. The zero-order chi connectivity index (χ0) is 13.3. The molecule has 2 amide bonds. The molecule has 0 aromatic rings. The summed E-state index contributed by atoms with van der Waals surface area (Å²) in [4.78, 5) is 36.5. The van der Waals surface area contributed by atoms with Crippen molar-refractivity contribution < 1.29 is 19.5 Å². The lowest BCUT2D eigenvalue weighted by Crippen LogP contribution is -2.37. The van der Waals surface area contributed by atoms with Gasteiger partial charge in [0.15, 0.2) is 0 Å². The molecule has 0 aromatic carbocycles. The van der Waals surface area contributed by atoms with Crippen molar-refractivity contribution in [2.24, 2.45) is 17.8 Å². The fourth-order valence-corrected chi connectivity index (χ4v) is 3.01. The molecule has 1 aliphatic carbocycles. The summed E-state index contributed by atoms with van der Waals surface area (Å²) in [6.45, 7) is 1.80. The molecule has 1 heterocycles. The Morgan fingerprint density at radius 3 is 2.17 bits per heavy atom. The van der Waals surface area contributed by atoms with Crippen molar-refractivity contribution in [3.8, 4) is 0 Å². The van der Waals surface area contributed by atoms with Crippen LogP contribution in [-0.4, -0.2) is 34.3 Å². The third-order valence-electron chi connectivity index (χ3n) is 4.18. The van der Waals surface area contributed by atoms with Gasteiger partial charge in [0.2, 0.25) is 11.8 Å². The maximum absolute atomic E-state index is 12.1. The molecule has 5 heteroatoms. The molecule has 2 aliphatic rings. The monoisotopic (exact) mass is 253 g/mol. The lowest BCUT2D eigenvalue weighted by Gasteiger charge is -2.19. The number of aliphatic carboxylic acids is 1. The number of carboxylic acid groups (broad SMARTS) is 1. The van der Waals surface area contributed by atoms with Crippen molar-refractivity contribution in [2.75, 3.05) is 6.54 Å². The Balaban J connectivity index is 2.11. The first-order chi connectivity index (χ1) is 8.56. The van der Waals surface area contributed by atoms with Crippen molar-refractivity contribution in [1.29, 1.82) is 0 Å². The Morgan fingerprint density at radius 2 is 1.78 bits per heavy atom. The molecule has 2 fully saturated rings. The van der Waals surface area contributed by atoms with Gasteiger partial charge in [0.05, 0.1) is 17.8 Å². The van der Waals surface area contributed by atoms with Crippen molar-refractivity contribution in [3.63, 3.8) is 0 Å². The standard InChI is InChI=1S/C13H19NO4/c1-2-8(13(17)18)7-14-11(15)9-5-3-4-6-10(9)12(14)16/h8-10H,2-7H2,1H3,(H,17,18). The maximum Gasteiger partial charge on any atom is 0.308 e. The molecule has 0 radical (unpaired) electrons. The van der Waals surface area contributed by atoms with Crippen LogP contribution in [0.25, 0.3) is 0 Å². The van der Waals surface area contributed by atoms with Gasteiger partial charge in [0, 0.05) is 6.54 Å². The highest BCUT2D eigenvalue weighted by molar-refractivity contribution is 6.05. The van der Waals surface area contributed by atoms with E-state index in [0.717, 1.165) is 25.7 Å². The largest absolute Gasteiger partial charge is 0.481 e. The minimum atomic E-state index is -0.937. The summed E-state index contributed by atoms with van der Waals surface area (Å²) in [7, 11) is 0. The van der Waals surface area contributed by atoms with E-state index in [1.807, 2.05) is 0 Å². The lowest BCUT2D eigenvalue weighted by atomic mass is 9.81. The molecule has 1 aliphatic heterocycles. The first kappa shape index (κ1) is 13.1. The Morgan fingerprint density at radius 1 is 1.28 bits per heavy atom. The second kappa shape index (κ2) is 5.08. The highest BCUT2D eigenvalue weighted by Crippen LogP contribution is 2.38. The van der Waals surface area contributed by atoms with Gasteiger partial charge < -0.3 is 5.11 Å². The summed E-state index contributed by atoms with van der Waals surface area (Å²) in [6.07, 6.45) is 3.96. The van der Waals surface area contributed by atoms with E-state index in [4.69, 9.17) is 5.11 Å². The molecule has 3 unspecified atom stereocenters. The number of carbonyl (C=O) groups is 3. The van der Waals surface area contributed by atoms with Crippen LogP contribution in [0.3, 0.4) is 0 Å². The van der Waals surface area contributed by atoms with Crippen LogP contribution in [0.5, 0.6) is 0 Å². The van der Waals surface area contributed by atoms with Crippen molar-refractivity contribution in [1.82, 2.24) is 4.90 Å². The zero-order valence-corrected chi connectivity index (χ0v) is 10.6. The van der Waals surface area contributed by atoms with Crippen molar-refractivity contribution in [3.05, 3.63) is 0 Å². The van der Waals surface area contributed by atoms with Crippen LogP contribution >= 0.6 is 0 Å². The van der Waals surface area contributed by atoms with Crippen LogP contribution in [0.1, 0.15) is 39.0 Å². The summed E-state index contributed by atoms with van der Waals surface area (Å²) in [5, 5.41) is 9.02. The smallest absolute Gasteiger partial charge is 0.308 e. The fraction of sp³-hybridized carbons (Fsp3) is 0.769. The molecule has 1 saturated carbocycles. The van der Waals surface area contributed by atoms with E-state index in [1.165, 1.54) is 4.90 Å². The van der Waals surface area contributed by atoms with E-state index in [0.29, 0.717) is 6.42 Å². The predicted molar refractivity (Wildman–Crippen MR) is 63.6 cm³/mol. The SMILES string of the molecule is CCC(CN1C(=O)C2CCCCC2C1=O)C(=O)O. The Labute approximate surface area is 106 Å². The number of carbonyl (C=O) groups excluding carboxylic acids is 2. The van der Waals surface area contributed by atoms with E-state index in [9.17, 15) is 14.4 Å². The Hall–Kier alpha value is -1.39. The molecule has 18 heavy (non-hydrogen) atoms. The summed E-state index contributed by atoms with van der Waals surface area (Å²) in [5.74, 6) is -2.24. The summed E-state index contributed by atoms with van der Waals surface area (Å²) in [6, 6.07) is 0. The van der Waals surface area contributed by atoms with Crippen molar-refractivity contribution in [2.45, 2.75) is 39.0 Å². The molecule has 0 spiro atoms. The number of nitrogens with zero attached hydrogens (tertiary/aromatic N) is 1. The highest BCUT2D eigenvalue weighted by atomic mass is 16.4. The van der Waals surface area contributed by atoms with Crippen LogP contribution in [0.4, 0.5) is 0 Å². The van der Waals surface area contributed by atoms with E-state index in [-0.39, 0.29) is 30.2 Å². The third-order valence-corrected chi connectivity index (χ3v) is 4.18. The van der Waals surface area contributed by atoms with Gasteiger partial charge in [-0.2, -0.15) is 0 Å².